The molecule has 24 heavy (non-hydrogen) atoms. The zero-order chi connectivity index (χ0) is 18.6. The first-order chi connectivity index (χ1) is 11.1. The van der Waals surface area contributed by atoms with E-state index in [1.54, 1.807) is 0 Å². The standard InChI is InChI=1S/C15H30N4O5/c1-15(2,3)24-14(23)18-9-7-5-4-6-8-17-13(22)19-10-11(16)12(20)21/h11H,4-10,16H2,1-3H3,(H,18,23)(H,20,21)(H2,17,19,22)/t11-/m0/s1. The Morgan fingerprint density at radius 3 is 2.04 bits per heavy atom. The number of nitrogens with two attached hydrogens (primary N) is 1. The molecule has 0 aliphatic heterocycles. The summed E-state index contributed by atoms with van der Waals surface area (Å²) >= 11 is 0. The minimum atomic E-state index is -1.16. The number of rotatable bonds is 10. The van der Waals surface area contributed by atoms with Gasteiger partial charge in [0, 0.05) is 19.6 Å². The van der Waals surface area contributed by atoms with Crippen molar-refractivity contribution >= 4 is 18.1 Å². The lowest BCUT2D eigenvalue weighted by atomic mass is 10.2. The van der Waals surface area contributed by atoms with Gasteiger partial charge in [0.25, 0.3) is 0 Å². The second kappa shape index (κ2) is 11.5. The van der Waals surface area contributed by atoms with Gasteiger partial charge in [-0.3, -0.25) is 4.79 Å². The topological polar surface area (TPSA) is 143 Å². The van der Waals surface area contributed by atoms with Gasteiger partial charge in [-0.1, -0.05) is 12.8 Å². The van der Waals surface area contributed by atoms with E-state index < -0.39 is 29.7 Å². The molecule has 0 aliphatic carbocycles. The predicted octanol–water partition coefficient (Wildman–Crippen LogP) is 0.783. The van der Waals surface area contributed by atoms with Crippen molar-refractivity contribution in [2.75, 3.05) is 19.6 Å². The largest absolute Gasteiger partial charge is 0.480 e. The quantitative estimate of drug-likeness (QED) is 0.370. The number of carboxylic acid groups (broad SMARTS) is 1. The molecule has 0 bridgehead atoms. The van der Waals surface area contributed by atoms with Crippen molar-refractivity contribution in [2.24, 2.45) is 5.73 Å². The lowest BCUT2D eigenvalue weighted by Gasteiger charge is -2.19. The van der Waals surface area contributed by atoms with Crippen molar-refractivity contribution in [1.82, 2.24) is 16.0 Å². The predicted molar refractivity (Wildman–Crippen MR) is 89.7 cm³/mol. The van der Waals surface area contributed by atoms with Crippen LogP contribution in [-0.2, 0) is 9.53 Å². The number of aliphatic carboxylic acids is 1. The van der Waals surface area contributed by atoms with E-state index in [1.165, 1.54) is 0 Å². The molecule has 0 heterocycles. The maximum atomic E-state index is 11.4. The maximum absolute atomic E-state index is 11.4. The van der Waals surface area contributed by atoms with Gasteiger partial charge in [0.05, 0.1) is 0 Å². The number of carbonyl (C=O) groups is 3. The zero-order valence-electron chi connectivity index (χ0n) is 14.7. The fraction of sp³-hybridized carbons (Fsp3) is 0.800. The molecular formula is C15H30N4O5. The molecule has 6 N–H and O–H groups in total. The SMILES string of the molecule is CC(C)(C)OC(=O)NCCCCCCNC(=O)NC[C@H](N)C(=O)O. The van der Waals surface area contributed by atoms with Crippen molar-refractivity contribution in [3.05, 3.63) is 0 Å². The van der Waals surface area contributed by atoms with Crippen LogP contribution >= 0.6 is 0 Å². The van der Waals surface area contributed by atoms with Crippen LogP contribution in [0.2, 0.25) is 0 Å². The van der Waals surface area contributed by atoms with E-state index in [9.17, 15) is 14.4 Å². The molecule has 0 unspecified atom stereocenters. The maximum Gasteiger partial charge on any atom is 0.407 e. The number of carboxylic acids is 1. The molecule has 0 aromatic carbocycles. The van der Waals surface area contributed by atoms with E-state index >= 15 is 0 Å². The number of carbonyl (C=O) groups excluding carboxylic acids is 2. The van der Waals surface area contributed by atoms with E-state index in [0.717, 1.165) is 25.7 Å². The summed E-state index contributed by atoms with van der Waals surface area (Å²) in [5.74, 6) is -1.16. The van der Waals surface area contributed by atoms with E-state index in [1.807, 2.05) is 20.8 Å². The number of ether oxygens (including phenoxy) is 1. The van der Waals surface area contributed by atoms with Crippen LogP contribution < -0.4 is 21.7 Å². The Morgan fingerprint density at radius 1 is 1.00 bits per heavy atom. The highest BCUT2D eigenvalue weighted by Gasteiger charge is 2.15. The summed E-state index contributed by atoms with van der Waals surface area (Å²) in [5, 5.41) is 16.3. The van der Waals surface area contributed by atoms with Crippen LogP contribution in [0.3, 0.4) is 0 Å². The fourth-order valence-electron chi connectivity index (χ4n) is 1.66. The third kappa shape index (κ3) is 13.6. The van der Waals surface area contributed by atoms with Gasteiger partial charge < -0.3 is 31.5 Å². The Labute approximate surface area is 142 Å². The summed E-state index contributed by atoms with van der Waals surface area (Å²) in [7, 11) is 0. The first kappa shape index (κ1) is 22.0. The molecule has 0 aromatic heterocycles. The molecular weight excluding hydrogens is 316 g/mol. The Kier molecular flexibility index (Phi) is 10.5. The smallest absolute Gasteiger partial charge is 0.407 e. The van der Waals surface area contributed by atoms with Crippen LogP contribution in [0.4, 0.5) is 9.59 Å². The van der Waals surface area contributed by atoms with Gasteiger partial charge in [-0.05, 0) is 33.6 Å². The molecule has 3 amide bonds. The molecule has 9 heteroatoms. The molecule has 0 saturated heterocycles. The van der Waals surface area contributed by atoms with Crippen molar-refractivity contribution < 1.29 is 24.2 Å². The van der Waals surface area contributed by atoms with Crippen LogP contribution in [0, 0.1) is 0 Å². The second-order valence-corrected chi connectivity index (χ2v) is 6.42. The summed E-state index contributed by atoms with van der Waals surface area (Å²) in [5.41, 5.74) is 4.77. The first-order valence-electron chi connectivity index (χ1n) is 8.09. The average Bonchev–Trinajstić information content (AvgIpc) is 2.45. The number of alkyl carbamates (subject to hydrolysis) is 1. The van der Waals surface area contributed by atoms with Crippen LogP contribution in [0.15, 0.2) is 0 Å². The number of hydrogen-bond acceptors (Lipinski definition) is 5. The number of nitrogens with one attached hydrogen (secondary N) is 3. The monoisotopic (exact) mass is 346 g/mol. The summed E-state index contributed by atoms with van der Waals surface area (Å²) in [6, 6.07) is -1.54. The molecule has 1 atom stereocenters. The van der Waals surface area contributed by atoms with Crippen molar-refractivity contribution in [3.8, 4) is 0 Å². The second-order valence-electron chi connectivity index (χ2n) is 6.42. The van der Waals surface area contributed by atoms with Crippen LogP contribution in [0.5, 0.6) is 0 Å². The first-order valence-corrected chi connectivity index (χ1v) is 8.09. The van der Waals surface area contributed by atoms with E-state index in [2.05, 4.69) is 16.0 Å². The Morgan fingerprint density at radius 2 is 1.54 bits per heavy atom. The Balaban J connectivity index is 3.46. The number of unbranched alkanes of at least 4 members (excludes halogenated alkanes) is 3. The van der Waals surface area contributed by atoms with Gasteiger partial charge in [-0.15, -0.1) is 0 Å². The lowest BCUT2D eigenvalue weighted by Crippen LogP contribution is -2.46. The van der Waals surface area contributed by atoms with Crippen molar-refractivity contribution in [2.45, 2.75) is 58.1 Å². The molecule has 9 nitrogen and oxygen atoms in total. The molecule has 140 valence electrons. The van der Waals surface area contributed by atoms with Gasteiger partial charge in [0.15, 0.2) is 0 Å². The van der Waals surface area contributed by atoms with Crippen LogP contribution in [-0.4, -0.2) is 54.5 Å². The van der Waals surface area contributed by atoms with E-state index in [-0.39, 0.29) is 6.54 Å². The summed E-state index contributed by atoms with van der Waals surface area (Å²) in [6.07, 6.45) is 3.04. The van der Waals surface area contributed by atoms with Gasteiger partial charge in [-0.25, -0.2) is 9.59 Å². The van der Waals surface area contributed by atoms with Crippen molar-refractivity contribution in [3.63, 3.8) is 0 Å². The highest BCUT2D eigenvalue weighted by molar-refractivity contribution is 5.77. The third-order valence-electron chi connectivity index (χ3n) is 2.86. The molecule has 0 radical (unpaired) electrons. The summed E-state index contributed by atoms with van der Waals surface area (Å²) in [4.78, 5) is 33.2. The normalized spacial score (nSPS) is 12.2. The molecule has 0 spiro atoms. The van der Waals surface area contributed by atoms with E-state index in [0.29, 0.717) is 13.1 Å². The minimum absolute atomic E-state index is 0.114. The molecule has 0 saturated carbocycles. The highest BCUT2D eigenvalue weighted by atomic mass is 16.6. The summed E-state index contributed by atoms with van der Waals surface area (Å²) in [6.45, 7) is 6.36. The molecule has 0 fully saturated rings. The van der Waals surface area contributed by atoms with Crippen LogP contribution in [0.25, 0.3) is 0 Å². The molecule has 0 rings (SSSR count). The van der Waals surface area contributed by atoms with Gasteiger partial charge in [0.1, 0.15) is 11.6 Å². The summed E-state index contributed by atoms with van der Waals surface area (Å²) < 4.78 is 5.11. The van der Waals surface area contributed by atoms with E-state index in [4.69, 9.17) is 15.6 Å². The van der Waals surface area contributed by atoms with Crippen molar-refractivity contribution in [1.29, 1.82) is 0 Å². The Bertz CT molecular complexity index is 409. The minimum Gasteiger partial charge on any atom is -0.480 e. The number of amides is 3. The highest BCUT2D eigenvalue weighted by Crippen LogP contribution is 2.06. The number of urea groups is 1. The Hall–Kier alpha value is -2.03. The fourth-order valence-corrected chi connectivity index (χ4v) is 1.66. The average molecular weight is 346 g/mol. The van der Waals surface area contributed by atoms with Gasteiger partial charge in [0.2, 0.25) is 0 Å². The van der Waals surface area contributed by atoms with Crippen LogP contribution in [0.1, 0.15) is 46.5 Å². The molecule has 0 aromatic rings. The van der Waals surface area contributed by atoms with Gasteiger partial charge in [-0.2, -0.15) is 0 Å². The van der Waals surface area contributed by atoms with Gasteiger partial charge >= 0.3 is 18.1 Å². The molecule has 0 aliphatic rings. The third-order valence-corrected chi connectivity index (χ3v) is 2.86. The zero-order valence-corrected chi connectivity index (χ0v) is 14.7. The lowest BCUT2D eigenvalue weighted by molar-refractivity contribution is -0.138. The number of hydrogen-bond donors (Lipinski definition) is 5.